The zero-order valence-corrected chi connectivity index (χ0v) is 10.6. The van der Waals surface area contributed by atoms with Crippen molar-refractivity contribution in [1.82, 2.24) is 0 Å². The van der Waals surface area contributed by atoms with Crippen LogP contribution in [-0.4, -0.2) is 23.1 Å². The summed E-state index contributed by atoms with van der Waals surface area (Å²) < 4.78 is 5.25. The van der Waals surface area contributed by atoms with E-state index in [4.69, 9.17) is 4.74 Å². The first kappa shape index (κ1) is 11.8. The van der Waals surface area contributed by atoms with Crippen LogP contribution in [-0.2, 0) is 14.3 Å². The highest BCUT2D eigenvalue weighted by molar-refractivity contribution is 5.83. The molecule has 2 bridgehead atoms. The Morgan fingerprint density at radius 2 is 1.72 bits per heavy atom. The predicted molar refractivity (Wildman–Crippen MR) is 63.6 cm³/mol. The van der Waals surface area contributed by atoms with Crippen LogP contribution in [0.25, 0.3) is 0 Å². The summed E-state index contributed by atoms with van der Waals surface area (Å²) in [6.45, 7) is 3.59. The molecule has 4 heteroatoms. The average molecular weight is 250 g/mol. The average Bonchev–Trinajstić information content (AvgIpc) is 3.07. The molecule has 4 rings (SSSR count). The Morgan fingerprint density at radius 1 is 1.17 bits per heavy atom. The first-order valence-electron chi connectivity index (χ1n) is 6.62. The van der Waals surface area contributed by atoms with Gasteiger partial charge in [0.2, 0.25) is 0 Å². The first-order valence-corrected chi connectivity index (χ1v) is 6.62. The van der Waals surface area contributed by atoms with Crippen molar-refractivity contribution in [3.05, 3.63) is 12.2 Å². The van der Waals surface area contributed by atoms with Crippen molar-refractivity contribution in [3.63, 3.8) is 0 Å². The van der Waals surface area contributed by atoms with Gasteiger partial charge < -0.3 is 9.84 Å². The number of fused-ring (bicyclic) bond motifs is 1. The van der Waals surface area contributed by atoms with Gasteiger partial charge in [-0.25, -0.2) is 0 Å². The lowest BCUT2D eigenvalue weighted by molar-refractivity contribution is -0.167. The van der Waals surface area contributed by atoms with Crippen LogP contribution in [0, 0.1) is 35.5 Å². The van der Waals surface area contributed by atoms with Crippen molar-refractivity contribution < 1.29 is 19.4 Å². The number of carbonyl (C=O) groups is 2. The summed E-state index contributed by atoms with van der Waals surface area (Å²) in [4.78, 5) is 23.6. The maximum Gasteiger partial charge on any atom is 0.310 e. The number of hydrogen-bond donors (Lipinski definition) is 1. The highest BCUT2D eigenvalue weighted by Gasteiger charge is 2.63. The van der Waals surface area contributed by atoms with Crippen LogP contribution in [0.5, 0.6) is 0 Å². The van der Waals surface area contributed by atoms with E-state index >= 15 is 0 Å². The van der Waals surface area contributed by atoms with E-state index in [9.17, 15) is 14.7 Å². The second kappa shape index (κ2) is 3.84. The van der Waals surface area contributed by atoms with Gasteiger partial charge in [0, 0.05) is 0 Å². The largest absolute Gasteiger partial charge is 0.481 e. The summed E-state index contributed by atoms with van der Waals surface area (Å²) in [6, 6.07) is 0. The third kappa shape index (κ3) is 1.58. The molecule has 0 radical (unpaired) electrons. The molecule has 2 fully saturated rings. The fraction of sp³-hybridized carbons (Fsp3) is 0.714. The summed E-state index contributed by atoms with van der Waals surface area (Å²) in [7, 11) is 0. The molecule has 4 aliphatic rings. The van der Waals surface area contributed by atoms with Gasteiger partial charge in [-0.15, -0.1) is 0 Å². The second-order valence-corrected chi connectivity index (χ2v) is 5.98. The monoisotopic (exact) mass is 250 g/mol. The molecule has 4 nitrogen and oxygen atoms in total. The van der Waals surface area contributed by atoms with Crippen molar-refractivity contribution >= 4 is 11.9 Å². The molecular weight excluding hydrogens is 232 g/mol. The Balaban J connectivity index is 1.89. The normalized spacial score (nSPS) is 43.7. The van der Waals surface area contributed by atoms with Gasteiger partial charge in [-0.3, -0.25) is 9.59 Å². The molecule has 1 N–H and O–H groups in total. The van der Waals surface area contributed by atoms with Gasteiger partial charge in [0.15, 0.2) is 0 Å². The molecular formula is C14H18O4. The minimum atomic E-state index is -0.856. The smallest absolute Gasteiger partial charge is 0.310 e. The van der Waals surface area contributed by atoms with E-state index in [1.54, 1.807) is 13.8 Å². The van der Waals surface area contributed by atoms with Crippen LogP contribution >= 0.6 is 0 Å². The Kier molecular flexibility index (Phi) is 2.50. The van der Waals surface area contributed by atoms with Gasteiger partial charge in [-0.05, 0) is 43.9 Å². The standard InChI is InChI=1S/C14H18O4/c1-6(2)18-14(17)12-8-4-3-7(9-5-10(8)9)11(12)13(15)16/h3-4,6-12H,5H2,1-2H3,(H,15,16)/t7-,8+,9?,10?,11?,12?/m0/s1. The summed E-state index contributed by atoms with van der Waals surface area (Å²) in [5.74, 6) is -1.15. The molecule has 0 aromatic carbocycles. The first-order chi connectivity index (χ1) is 8.50. The van der Waals surface area contributed by atoms with Gasteiger partial charge in [0.1, 0.15) is 0 Å². The molecule has 0 amide bonds. The number of carboxylic acids is 1. The maximum atomic E-state index is 12.2. The topological polar surface area (TPSA) is 63.6 Å². The molecule has 0 saturated heterocycles. The molecule has 0 heterocycles. The van der Waals surface area contributed by atoms with E-state index < -0.39 is 17.8 Å². The van der Waals surface area contributed by atoms with Crippen LogP contribution in [0.15, 0.2) is 12.2 Å². The molecule has 18 heavy (non-hydrogen) atoms. The molecule has 0 aromatic heterocycles. The number of ether oxygens (including phenoxy) is 1. The fourth-order valence-electron chi connectivity index (χ4n) is 3.85. The highest BCUT2D eigenvalue weighted by atomic mass is 16.5. The van der Waals surface area contributed by atoms with E-state index in [1.807, 2.05) is 12.2 Å². The quantitative estimate of drug-likeness (QED) is 0.611. The third-order valence-electron chi connectivity index (χ3n) is 4.56. The van der Waals surface area contributed by atoms with Gasteiger partial charge >= 0.3 is 11.9 Å². The lowest BCUT2D eigenvalue weighted by Crippen LogP contribution is -2.47. The van der Waals surface area contributed by atoms with Gasteiger partial charge in [-0.2, -0.15) is 0 Å². The predicted octanol–water partition coefficient (Wildman–Crippen LogP) is 1.71. The Labute approximate surface area is 106 Å². The van der Waals surface area contributed by atoms with E-state index in [2.05, 4.69) is 0 Å². The Hall–Kier alpha value is -1.32. The van der Waals surface area contributed by atoms with E-state index in [-0.39, 0.29) is 23.9 Å². The number of allylic oxidation sites excluding steroid dienone is 2. The molecule has 0 aliphatic heterocycles. The van der Waals surface area contributed by atoms with E-state index in [0.29, 0.717) is 11.8 Å². The number of rotatable bonds is 3. The van der Waals surface area contributed by atoms with Gasteiger partial charge in [0.05, 0.1) is 17.9 Å². The summed E-state index contributed by atoms with van der Waals surface area (Å²) >= 11 is 0. The number of carboxylic acid groups (broad SMARTS) is 1. The summed E-state index contributed by atoms with van der Waals surface area (Å²) in [6.07, 6.45) is 4.94. The molecule has 6 atom stereocenters. The molecule has 98 valence electrons. The summed E-state index contributed by atoms with van der Waals surface area (Å²) in [5.41, 5.74) is 0. The van der Waals surface area contributed by atoms with Gasteiger partial charge in [0.25, 0.3) is 0 Å². The SMILES string of the molecule is CC(C)OC(=O)C1C(C(=O)O)[C@H]2C=C[C@@H]1C1CC12. The molecule has 0 spiro atoms. The highest BCUT2D eigenvalue weighted by Crippen LogP contribution is 2.63. The Bertz CT molecular complexity index is 426. The molecule has 2 saturated carbocycles. The minimum absolute atomic E-state index is 0.0298. The fourth-order valence-corrected chi connectivity index (χ4v) is 3.85. The van der Waals surface area contributed by atoms with Crippen molar-refractivity contribution in [2.75, 3.05) is 0 Å². The number of esters is 1. The van der Waals surface area contributed by atoms with Crippen molar-refractivity contribution in [2.24, 2.45) is 35.5 Å². The van der Waals surface area contributed by atoms with E-state index in [0.717, 1.165) is 6.42 Å². The van der Waals surface area contributed by atoms with E-state index in [1.165, 1.54) is 0 Å². The molecule has 4 unspecified atom stereocenters. The summed E-state index contributed by atoms with van der Waals surface area (Å²) in [5, 5.41) is 9.41. The minimum Gasteiger partial charge on any atom is -0.481 e. The number of carbonyl (C=O) groups excluding carboxylic acids is 1. The molecule has 4 aliphatic carbocycles. The van der Waals surface area contributed by atoms with Crippen molar-refractivity contribution in [2.45, 2.75) is 26.4 Å². The van der Waals surface area contributed by atoms with Crippen LogP contribution in [0.4, 0.5) is 0 Å². The van der Waals surface area contributed by atoms with Crippen molar-refractivity contribution in [1.29, 1.82) is 0 Å². The van der Waals surface area contributed by atoms with Crippen LogP contribution in [0.3, 0.4) is 0 Å². The second-order valence-electron chi connectivity index (χ2n) is 5.98. The maximum absolute atomic E-state index is 12.2. The lowest BCUT2D eigenvalue weighted by atomic mass is 9.62. The number of aliphatic carboxylic acids is 1. The van der Waals surface area contributed by atoms with Crippen LogP contribution < -0.4 is 0 Å². The van der Waals surface area contributed by atoms with Crippen LogP contribution in [0.2, 0.25) is 0 Å². The Morgan fingerprint density at radius 3 is 2.22 bits per heavy atom. The van der Waals surface area contributed by atoms with Crippen LogP contribution in [0.1, 0.15) is 20.3 Å². The third-order valence-corrected chi connectivity index (χ3v) is 4.56. The molecule has 0 aromatic rings. The van der Waals surface area contributed by atoms with Gasteiger partial charge in [-0.1, -0.05) is 12.2 Å². The number of hydrogen-bond acceptors (Lipinski definition) is 3. The van der Waals surface area contributed by atoms with Crippen molar-refractivity contribution in [3.8, 4) is 0 Å². The zero-order valence-electron chi connectivity index (χ0n) is 10.6. The lowest BCUT2D eigenvalue weighted by Gasteiger charge is -2.41. The zero-order chi connectivity index (χ0) is 13.0.